The minimum Gasteiger partial charge on any atom is -0.481 e. The highest BCUT2D eigenvalue weighted by atomic mass is 32.2. The van der Waals surface area contributed by atoms with Gasteiger partial charge in [0.2, 0.25) is 0 Å². The van der Waals surface area contributed by atoms with Crippen LogP contribution in [0.3, 0.4) is 0 Å². The van der Waals surface area contributed by atoms with E-state index < -0.39 is 16.1 Å². The first-order valence-corrected chi connectivity index (χ1v) is 11.8. The molecule has 0 heterocycles. The standard InChI is InChI=1S/C25H26N2O5S/c1-17-5-15-24(16-6-17)33(30,31)27(4)22-11-13-23(14-12-22)32-19(3)25(29)26-21-9-7-20(8-10-21)18(2)28/h5-16,19H,1-4H3,(H,26,29)/t19-/m1/s1. The smallest absolute Gasteiger partial charge is 0.265 e. The Hall–Kier alpha value is -3.65. The number of benzene rings is 3. The third-order valence-corrected chi connectivity index (χ3v) is 6.92. The predicted octanol–water partition coefficient (Wildman–Crippen LogP) is 4.43. The van der Waals surface area contributed by atoms with Crippen molar-refractivity contribution >= 4 is 33.1 Å². The third kappa shape index (κ3) is 5.78. The molecule has 8 heteroatoms. The molecule has 0 aliphatic heterocycles. The molecule has 0 unspecified atom stereocenters. The van der Waals surface area contributed by atoms with Gasteiger partial charge in [0.05, 0.1) is 10.6 Å². The quantitative estimate of drug-likeness (QED) is 0.496. The average molecular weight is 467 g/mol. The number of aryl methyl sites for hydroxylation is 1. The molecule has 1 atom stereocenters. The first kappa shape index (κ1) is 24.0. The first-order chi connectivity index (χ1) is 15.6. The molecule has 0 aliphatic carbocycles. The second-order valence-corrected chi connectivity index (χ2v) is 9.63. The van der Waals surface area contributed by atoms with E-state index in [0.717, 1.165) is 5.56 Å². The Morgan fingerprint density at radius 2 is 1.48 bits per heavy atom. The van der Waals surface area contributed by atoms with E-state index in [0.29, 0.717) is 22.7 Å². The number of rotatable bonds is 8. The lowest BCUT2D eigenvalue weighted by atomic mass is 10.1. The molecule has 3 aromatic carbocycles. The molecule has 0 saturated heterocycles. The second kappa shape index (κ2) is 9.87. The zero-order valence-electron chi connectivity index (χ0n) is 18.9. The van der Waals surface area contributed by atoms with Gasteiger partial charge in [-0.15, -0.1) is 0 Å². The lowest BCUT2D eigenvalue weighted by molar-refractivity contribution is -0.122. The Bertz CT molecular complexity index is 1240. The highest BCUT2D eigenvalue weighted by molar-refractivity contribution is 7.92. The number of carbonyl (C=O) groups excluding carboxylic acids is 2. The van der Waals surface area contributed by atoms with E-state index in [4.69, 9.17) is 4.74 Å². The van der Waals surface area contributed by atoms with E-state index in [1.165, 1.54) is 18.3 Å². The van der Waals surface area contributed by atoms with Crippen LogP contribution in [-0.4, -0.2) is 33.3 Å². The lowest BCUT2D eigenvalue weighted by Crippen LogP contribution is -2.30. The Kier molecular flexibility index (Phi) is 7.18. The van der Waals surface area contributed by atoms with Gasteiger partial charge >= 0.3 is 0 Å². The van der Waals surface area contributed by atoms with Crippen LogP contribution < -0.4 is 14.4 Å². The van der Waals surface area contributed by atoms with E-state index in [9.17, 15) is 18.0 Å². The van der Waals surface area contributed by atoms with Gasteiger partial charge in [0.25, 0.3) is 15.9 Å². The molecule has 3 aromatic rings. The molecule has 7 nitrogen and oxygen atoms in total. The summed E-state index contributed by atoms with van der Waals surface area (Å²) >= 11 is 0. The van der Waals surface area contributed by atoms with Crippen LogP contribution in [0.25, 0.3) is 0 Å². The molecule has 33 heavy (non-hydrogen) atoms. The van der Waals surface area contributed by atoms with Gasteiger partial charge in [-0.05, 0) is 81.4 Å². The Balaban J connectivity index is 1.64. The zero-order valence-corrected chi connectivity index (χ0v) is 19.7. The summed E-state index contributed by atoms with van der Waals surface area (Å²) in [6.45, 7) is 4.98. The Morgan fingerprint density at radius 1 is 0.909 bits per heavy atom. The van der Waals surface area contributed by atoms with Gasteiger partial charge < -0.3 is 10.1 Å². The van der Waals surface area contributed by atoms with Crippen LogP contribution in [-0.2, 0) is 14.8 Å². The molecule has 172 valence electrons. The molecule has 0 aliphatic rings. The molecule has 0 aromatic heterocycles. The molecular formula is C25H26N2O5S. The van der Waals surface area contributed by atoms with Crippen LogP contribution in [0.1, 0.15) is 29.8 Å². The van der Waals surface area contributed by atoms with Crippen molar-refractivity contribution in [2.45, 2.75) is 31.8 Å². The van der Waals surface area contributed by atoms with Crippen molar-refractivity contribution in [3.05, 3.63) is 83.9 Å². The van der Waals surface area contributed by atoms with E-state index in [1.54, 1.807) is 79.7 Å². The summed E-state index contributed by atoms with van der Waals surface area (Å²) in [6.07, 6.45) is -0.794. The average Bonchev–Trinajstić information content (AvgIpc) is 2.79. The zero-order chi connectivity index (χ0) is 24.2. The topological polar surface area (TPSA) is 92.8 Å². The SMILES string of the molecule is CC(=O)c1ccc(NC(=O)[C@@H](C)Oc2ccc(N(C)S(=O)(=O)c3ccc(C)cc3)cc2)cc1. The maximum atomic E-state index is 12.9. The van der Waals surface area contributed by atoms with E-state index in [1.807, 2.05) is 6.92 Å². The van der Waals surface area contributed by atoms with Crippen molar-refractivity contribution < 1.29 is 22.7 Å². The summed E-state index contributed by atoms with van der Waals surface area (Å²) in [5, 5.41) is 2.74. The molecule has 0 fully saturated rings. The number of nitrogens with one attached hydrogen (secondary N) is 1. The lowest BCUT2D eigenvalue weighted by Gasteiger charge is -2.20. The van der Waals surface area contributed by atoms with Crippen LogP contribution >= 0.6 is 0 Å². The molecule has 0 radical (unpaired) electrons. The van der Waals surface area contributed by atoms with Gasteiger partial charge in [-0.25, -0.2) is 8.42 Å². The van der Waals surface area contributed by atoms with Crippen molar-refractivity contribution in [1.82, 2.24) is 0 Å². The van der Waals surface area contributed by atoms with Crippen LogP contribution in [0.4, 0.5) is 11.4 Å². The number of carbonyl (C=O) groups is 2. The fourth-order valence-electron chi connectivity index (χ4n) is 3.03. The van der Waals surface area contributed by atoms with Gasteiger partial charge in [0.1, 0.15) is 5.75 Å². The maximum absolute atomic E-state index is 12.9. The summed E-state index contributed by atoms with van der Waals surface area (Å²) in [7, 11) is -2.21. The summed E-state index contributed by atoms with van der Waals surface area (Å²) < 4.78 is 32.6. The minimum atomic E-state index is -3.69. The number of hydrogen-bond donors (Lipinski definition) is 1. The van der Waals surface area contributed by atoms with Gasteiger partial charge in [-0.1, -0.05) is 17.7 Å². The first-order valence-electron chi connectivity index (χ1n) is 10.3. The summed E-state index contributed by atoms with van der Waals surface area (Å²) in [4.78, 5) is 24.0. The normalized spacial score (nSPS) is 12.0. The Labute approximate surface area is 194 Å². The van der Waals surface area contributed by atoms with E-state index >= 15 is 0 Å². The number of Topliss-reactive ketones (excluding diaryl/α,β-unsaturated/α-hetero) is 1. The molecule has 0 spiro atoms. The third-order valence-electron chi connectivity index (χ3n) is 5.12. The van der Waals surface area contributed by atoms with E-state index in [2.05, 4.69) is 5.32 Å². The van der Waals surface area contributed by atoms with Crippen molar-refractivity contribution in [1.29, 1.82) is 0 Å². The van der Waals surface area contributed by atoms with Gasteiger partial charge in [0.15, 0.2) is 11.9 Å². The number of amides is 1. The van der Waals surface area contributed by atoms with Gasteiger partial charge in [-0.2, -0.15) is 0 Å². The fraction of sp³-hybridized carbons (Fsp3) is 0.200. The summed E-state index contributed by atoms with van der Waals surface area (Å²) in [5.41, 5.74) is 2.56. The summed E-state index contributed by atoms with van der Waals surface area (Å²) in [5.74, 6) is 0.0218. The van der Waals surface area contributed by atoms with Crippen molar-refractivity contribution in [3.63, 3.8) is 0 Å². The fourth-order valence-corrected chi connectivity index (χ4v) is 4.23. The van der Waals surface area contributed by atoms with Crippen LogP contribution in [0, 0.1) is 6.92 Å². The highest BCUT2D eigenvalue weighted by Crippen LogP contribution is 2.25. The number of hydrogen-bond acceptors (Lipinski definition) is 5. The molecule has 1 amide bonds. The molecule has 0 saturated carbocycles. The number of ketones is 1. The number of sulfonamides is 1. The van der Waals surface area contributed by atoms with Crippen molar-refractivity contribution in [3.8, 4) is 5.75 Å². The van der Waals surface area contributed by atoms with Gasteiger partial charge in [-0.3, -0.25) is 13.9 Å². The number of nitrogens with zero attached hydrogens (tertiary/aromatic N) is 1. The molecular weight excluding hydrogens is 440 g/mol. The van der Waals surface area contributed by atoms with Crippen LogP contribution in [0.5, 0.6) is 5.75 Å². The predicted molar refractivity (Wildman–Crippen MR) is 128 cm³/mol. The number of ether oxygens (including phenoxy) is 1. The second-order valence-electron chi connectivity index (χ2n) is 7.66. The molecule has 0 bridgehead atoms. The molecule has 1 N–H and O–H groups in total. The van der Waals surface area contributed by atoms with Crippen molar-refractivity contribution in [2.75, 3.05) is 16.7 Å². The largest absolute Gasteiger partial charge is 0.481 e. The van der Waals surface area contributed by atoms with E-state index in [-0.39, 0.29) is 16.6 Å². The molecule has 3 rings (SSSR count). The van der Waals surface area contributed by atoms with Crippen molar-refractivity contribution in [2.24, 2.45) is 0 Å². The maximum Gasteiger partial charge on any atom is 0.265 e. The monoisotopic (exact) mass is 466 g/mol. The van der Waals surface area contributed by atoms with Gasteiger partial charge in [0, 0.05) is 18.3 Å². The minimum absolute atomic E-state index is 0.0506. The number of anilines is 2. The van der Waals surface area contributed by atoms with Crippen LogP contribution in [0.15, 0.2) is 77.7 Å². The Morgan fingerprint density at radius 3 is 2.03 bits per heavy atom. The highest BCUT2D eigenvalue weighted by Gasteiger charge is 2.21. The summed E-state index contributed by atoms with van der Waals surface area (Å²) in [6, 6.07) is 19.7. The van der Waals surface area contributed by atoms with Crippen LogP contribution in [0.2, 0.25) is 0 Å².